The zero-order valence-corrected chi connectivity index (χ0v) is 14.9. The average Bonchev–Trinajstić information content (AvgIpc) is 3.30. The molecule has 11 heteroatoms. The second kappa shape index (κ2) is 6.86. The Morgan fingerprint density at radius 1 is 1.04 bits per heavy atom. The summed E-state index contributed by atoms with van der Waals surface area (Å²) in [6.45, 7) is 3.76. The smallest absolute Gasteiger partial charge is 0.276 e. The van der Waals surface area contributed by atoms with E-state index in [1.807, 2.05) is 13.8 Å². The van der Waals surface area contributed by atoms with Gasteiger partial charge in [-0.2, -0.15) is 0 Å². The summed E-state index contributed by atoms with van der Waals surface area (Å²) < 4.78 is 10.7. The minimum absolute atomic E-state index is 0.00224. The van der Waals surface area contributed by atoms with Crippen LogP contribution in [0.25, 0.3) is 0 Å². The quantitative estimate of drug-likeness (QED) is 0.291. The van der Waals surface area contributed by atoms with Gasteiger partial charge in [0.2, 0.25) is 6.79 Å². The molecule has 2 saturated heterocycles. The lowest BCUT2D eigenvalue weighted by atomic mass is 9.71. The number of ether oxygens (including phenoxy) is 2. The van der Waals surface area contributed by atoms with Gasteiger partial charge in [-0.1, -0.05) is 0 Å². The summed E-state index contributed by atoms with van der Waals surface area (Å²) in [5, 5.41) is 32.9. The third-order valence-corrected chi connectivity index (χ3v) is 5.71. The minimum atomic E-state index is -0.935. The Kier molecular flexibility index (Phi) is 4.66. The number of aliphatic hydroxyl groups excluding tert-OH is 2. The number of hydrogen-bond donors (Lipinski definition) is 6. The number of nitro groups is 1. The van der Waals surface area contributed by atoms with Gasteiger partial charge in [-0.15, -0.1) is 0 Å². The highest BCUT2D eigenvalue weighted by atomic mass is 16.7. The normalized spacial score (nSPS) is 36.1. The molecule has 6 atom stereocenters. The molecule has 0 saturated carbocycles. The topological polar surface area (TPSA) is 150 Å². The Bertz CT molecular complexity index is 704. The van der Waals surface area contributed by atoms with Gasteiger partial charge in [-0.3, -0.25) is 21.0 Å². The van der Waals surface area contributed by atoms with Crippen molar-refractivity contribution in [2.75, 3.05) is 6.79 Å². The van der Waals surface area contributed by atoms with Gasteiger partial charge in [-0.25, -0.2) is 10.9 Å². The standard InChI is InChI=1S/C16H23N5O6/c1-6-12(15(22)19-17-6)14(13-7(2)18-20-16(13)23)8-3-10-11(27-5-26-10)4-9(8)21(24)25/h3-4,6-7,12-20,22-23H,5H2,1-2H3. The van der Waals surface area contributed by atoms with Crippen LogP contribution in [-0.4, -0.2) is 46.5 Å². The molecule has 0 radical (unpaired) electrons. The number of benzene rings is 1. The molecule has 27 heavy (non-hydrogen) atoms. The molecule has 3 heterocycles. The molecule has 0 bridgehead atoms. The highest BCUT2D eigenvalue weighted by Gasteiger charge is 2.50. The number of rotatable bonds is 4. The molecule has 1 aromatic carbocycles. The zero-order chi connectivity index (χ0) is 19.3. The average molecular weight is 381 g/mol. The molecule has 0 spiro atoms. The van der Waals surface area contributed by atoms with Gasteiger partial charge in [0.1, 0.15) is 12.5 Å². The first kappa shape index (κ1) is 18.3. The minimum Gasteiger partial charge on any atom is -0.454 e. The number of nitrogens with zero attached hydrogens (tertiary/aromatic N) is 1. The van der Waals surface area contributed by atoms with Crippen molar-refractivity contribution in [1.29, 1.82) is 0 Å². The molecule has 6 unspecified atom stereocenters. The van der Waals surface area contributed by atoms with Crippen molar-refractivity contribution in [2.24, 2.45) is 11.8 Å². The molecule has 2 fully saturated rings. The van der Waals surface area contributed by atoms with E-state index in [9.17, 15) is 20.3 Å². The van der Waals surface area contributed by atoms with Crippen molar-refractivity contribution in [2.45, 2.75) is 44.3 Å². The van der Waals surface area contributed by atoms with Crippen LogP contribution in [-0.2, 0) is 0 Å². The molecular weight excluding hydrogens is 358 g/mol. The van der Waals surface area contributed by atoms with Crippen molar-refractivity contribution < 1.29 is 24.6 Å². The fourth-order valence-electron chi connectivity index (χ4n) is 4.42. The highest BCUT2D eigenvalue weighted by molar-refractivity contribution is 5.57. The Balaban J connectivity index is 1.87. The van der Waals surface area contributed by atoms with Gasteiger partial charge in [0, 0.05) is 35.4 Å². The maximum Gasteiger partial charge on any atom is 0.276 e. The SMILES string of the molecule is CC1NNC(O)C1C(c1cc2c(cc1[N+](=O)[O-])OCO2)C1C(C)NNC1O. The summed E-state index contributed by atoms with van der Waals surface area (Å²) in [5.74, 6) is -0.653. The lowest BCUT2D eigenvalue weighted by Crippen LogP contribution is -2.42. The first-order valence-corrected chi connectivity index (χ1v) is 8.84. The maximum absolute atomic E-state index is 11.8. The molecule has 3 aliphatic rings. The molecule has 4 rings (SSSR count). The molecule has 0 amide bonds. The number of nitro benzene ring substituents is 1. The molecule has 0 aromatic heterocycles. The van der Waals surface area contributed by atoms with Crippen molar-refractivity contribution in [3.8, 4) is 11.5 Å². The van der Waals surface area contributed by atoms with Gasteiger partial charge in [0.25, 0.3) is 5.69 Å². The molecule has 6 N–H and O–H groups in total. The fourth-order valence-corrected chi connectivity index (χ4v) is 4.42. The van der Waals surface area contributed by atoms with Crippen molar-refractivity contribution in [1.82, 2.24) is 21.7 Å². The maximum atomic E-state index is 11.8. The van der Waals surface area contributed by atoms with E-state index in [1.54, 1.807) is 6.07 Å². The third-order valence-electron chi connectivity index (χ3n) is 5.71. The van der Waals surface area contributed by atoms with Gasteiger partial charge in [-0.05, 0) is 19.9 Å². The van der Waals surface area contributed by atoms with E-state index in [-0.39, 0.29) is 24.6 Å². The van der Waals surface area contributed by atoms with Crippen molar-refractivity contribution in [3.05, 3.63) is 27.8 Å². The Hall–Kier alpha value is -2.02. The van der Waals surface area contributed by atoms with E-state index >= 15 is 0 Å². The van der Waals surface area contributed by atoms with Crippen LogP contribution in [0.1, 0.15) is 25.3 Å². The molecule has 11 nitrogen and oxygen atoms in total. The van der Waals surface area contributed by atoms with Crippen molar-refractivity contribution in [3.63, 3.8) is 0 Å². The molecule has 3 aliphatic heterocycles. The van der Waals surface area contributed by atoms with E-state index in [4.69, 9.17) is 9.47 Å². The molecule has 0 aliphatic carbocycles. The second-order valence-electron chi connectivity index (χ2n) is 7.25. The predicted molar refractivity (Wildman–Crippen MR) is 92.4 cm³/mol. The van der Waals surface area contributed by atoms with Gasteiger partial charge < -0.3 is 19.7 Å². The number of hydrazine groups is 2. The lowest BCUT2D eigenvalue weighted by Gasteiger charge is -2.35. The number of hydrogen-bond acceptors (Lipinski definition) is 10. The summed E-state index contributed by atoms with van der Waals surface area (Å²) >= 11 is 0. The van der Waals surface area contributed by atoms with Crippen LogP contribution in [0.15, 0.2) is 12.1 Å². The highest BCUT2D eigenvalue weighted by Crippen LogP contribution is 2.48. The first-order valence-electron chi connectivity index (χ1n) is 8.84. The van der Waals surface area contributed by atoms with Gasteiger partial charge in [0.05, 0.1) is 11.0 Å². The first-order chi connectivity index (χ1) is 12.9. The van der Waals surface area contributed by atoms with Crippen molar-refractivity contribution >= 4 is 5.69 Å². The van der Waals surface area contributed by atoms with Crippen LogP contribution in [0.3, 0.4) is 0 Å². The van der Waals surface area contributed by atoms with E-state index in [0.717, 1.165) is 0 Å². The summed E-state index contributed by atoms with van der Waals surface area (Å²) in [6, 6.07) is 2.58. The lowest BCUT2D eigenvalue weighted by molar-refractivity contribution is -0.386. The Morgan fingerprint density at radius 3 is 2.00 bits per heavy atom. The van der Waals surface area contributed by atoms with E-state index < -0.39 is 35.1 Å². The van der Waals surface area contributed by atoms with E-state index in [1.165, 1.54) is 6.07 Å². The Labute approximate surface area is 155 Å². The fraction of sp³-hybridized carbons (Fsp3) is 0.625. The summed E-state index contributed by atoms with van der Waals surface area (Å²) in [4.78, 5) is 11.3. The number of aliphatic hydroxyl groups is 2. The number of nitrogens with one attached hydrogen (secondary N) is 4. The van der Waals surface area contributed by atoms with Crippen LogP contribution in [0.2, 0.25) is 0 Å². The van der Waals surface area contributed by atoms with Crippen LogP contribution < -0.4 is 31.2 Å². The largest absolute Gasteiger partial charge is 0.454 e. The van der Waals surface area contributed by atoms with E-state index in [2.05, 4.69) is 21.7 Å². The van der Waals surface area contributed by atoms with Crippen LogP contribution in [0, 0.1) is 22.0 Å². The van der Waals surface area contributed by atoms with Crippen LogP contribution in [0.4, 0.5) is 5.69 Å². The monoisotopic (exact) mass is 381 g/mol. The molecular formula is C16H23N5O6. The Morgan fingerprint density at radius 2 is 1.56 bits per heavy atom. The third kappa shape index (κ3) is 3.02. The summed E-state index contributed by atoms with van der Waals surface area (Å²) in [5.41, 5.74) is 11.8. The molecule has 148 valence electrons. The van der Waals surface area contributed by atoms with Crippen LogP contribution >= 0.6 is 0 Å². The zero-order valence-electron chi connectivity index (χ0n) is 14.9. The number of fused-ring (bicyclic) bond motifs is 1. The summed E-state index contributed by atoms with van der Waals surface area (Å²) in [6.07, 6.45) is -1.87. The predicted octanol–water partition coefficient (Wildman–Crippen LogP) is -0.731. The van der Waals surface area contributed by atoms with Crippen LogP contribution in [0.5, 0.6) is 11.5 Å². The second-order valence-corrected chi connectivity index (χ2v) is 7.25. The summed E-state index contributed by atoms with van der Waals surface area (Å²) in [7, 11) is 0. The molecule has 1 aromatic rings. The van der Waals surface area contributed by atoms with E-state index in [0.29, 0.717) is 17.1 Å². The van der Waals surface area contributed by atoms with Gasteiger partial charge >= 0.3 is 0 Å². The van der Waals surface area contributed by atoms with Gasteiger partial charge in [0.15, 0.2) is 11.5 Å².